The first-order valence-corrected chi connectivity index (χ1v) is 4.91. The first-order valence-electron chi connectivity index (χ1n) is 4.91. The third-order valence-corrected chi connectivity index (χ3v) is 2.26. The maximum Gasteiger partial charge on any atom is 0.419 e. The van der Waals surface area contributed by atoms with Crippen molar-refractivity contribution in [1.29, 1.82) is 0 Å². The molecule has 0 spiro atoms. The first kappa shape index (κ1) is 13.0. The Morgan fingerprint density at radius 3 is 2.44 bits per heavy atom. The van der Waals surface area contributed by atoms with Crippen LogP contribution >= 0.6 is 0 Å². The number of rotatable bonds is 3. The quantitative estimate of drug-likeness (QED) is 0.794. The van der Waals surface area contributed by atoms with Gasteiger partial charge in [-0.3, -0.25) is 0 Å². The van der Waals surface area contributed by atoms with Gasteiger partial charge in [0, 0.05) is 5.56 Å². The van der Waals surface area contributed by atoms with Crippen LogP contribution in [0.5, 0.6) is 0 Å². The minimum atomic E-state index is -4.73. The Labute approximate surface area is 90.7 Å². The number of hydrogen-bond acceptors (Lipinski definition) is 1. The number of hydrogen-bond donors (Lipinski definition) is 1. The Kier molecular flexibility index (Phi) is 3.91. The fraction of sp³-hybridized carbons (Fsp3) is 0.455. The molecule has 1 nitrogen and oxygen atoms in total. The van der Waals surface area contributed by atoms with Crippen LogP contribution in [-0.2, 0) is 6.18 Å². The van der Waals surface area contributed by atoms with E-state index in [1.54, 1.807) is 6.92 Å². The summed E-state index contributed by atoms with van der Waals surface area (Å²) in [6.07, 6.45) is -5.12. The Bertz CT molecular complexity index is 359. The minimum absolute atomic E-state index is 0.234. The van der Waals surface area contributed by atoms with Gasteiger partial charge in [-0.2, -0.15) is 13.2 Å². The van der Waals surface area contributed by atoms with Crippen LogP contribution in [0.4, 0.5) is 17.6 Å². The lowest BCUT2D eigenvalue weighted by atomic mass is 10.0. The van der Waals surface area contributed by atoms with Crippen LogP contribution in [0.2, 0.25) is 0 Å². The van der Waals surface area contributed by atoms with Gasteiger partial charge in [-0.15, -0.1) is 0 Å². The molecule has 0 heterocycles. The normalized spacial score (nSPS) is 13.9. The second kappa shape index (κ2) is 4.82. The average molecular weight is 236 g/mol. The standard InChI is InChI=1S/C11H12F4O/c1-2-4-9(16)7-5-3-6-8(10(7)12)11(13,14)15/h3,5-6,9,16H,2,4H2,1H3/t9-/m1/s1. The van der Waals surface area contributed by atoms with E-state index in [2.05, 4.69) is 0 Å². The minimum Gasteiger partial charge on any atom is -0.388 e. The summed E-state index contributed by atoms with van der Waals surface area (Å²) in [5.74, 6) is -1.38. The molecular weight excluding hydrogens is 224 g/mol. The molecule has 0 fully saturated rings. The second-order valence-electron chi connectivity index (χ2n) is 3.51. The summed E-state index contributed by atoms with van der Waals surface area (Å²) < 4.78 is 50.5. The summed E-state index contributed by atoms with van der Waals surface area (Å²) in [7, 11) is 0. The fourth-order valence-corrected chi connectivity index (χ4v) is 1.46. The van der Waals surface area contributed by atoms with Crippen LogP contribution in [0, 0.1) is 5.82 Å². The Morgan fingerprint density at radius 1 is 1.31 bits per heavy atom. The fourth-order valence-electron chi connectivity index (χ4n) is 1.46. The smallest absolute Gasteiger partial charge is 0.388 e. The molecule has 0 bridgehead atoms. The van der Waals surface area contributed by atoms with Crippen molar-refractivity contribution in [1.82, 2.24) is 0 Å². The summed E-state index contributed by atoms with van der Waals surface area (Å²) in [5.41, 5.74) is -1.63. The van der Waals surface area contributed by atoms with Gasteiger partial charge in [0.2, 0.25) is 0 Å². The number of aliphatic hydroxyl groups is 1. The predicted molar refractivity (Wildman–Crippen MR) is 51.3 cm³/mol. The maximum atomic E-state index is 13.5. The van der Waals surface area contributed by atoms with E-state index in [4.69, 9.17) is 0 Å². The molecule has 90 valence electrons. The lowest BCUT2D eigenvalue weighted by molar-refractivity contribution is -0.140. The molecule has 0 aliphatic heterocycles. The predicted octanol–water partition coefficient (Wildman–Crippen LogP) is 3.68. The molecule has 0 amide bonds. The average Bonchev–Trinajstić information content (AvgIpc) is 2.16. The van der Waals surface area contributed by atoms with Gasteiger partial charge in [0.1, 0.15) is 5.82 Å². The van der Waals surface area contributed by atoms with E-state index < -0.39 is 23.7 Å². The van der Waals surface area contributed by atoms with Crippen LogP contribution in [0.3, 0.4) is 0 Å². The number of aliphatic hydroxyl groups excluding tert-OH is 1. The molecule has 16 heavy (non-hydrogen) atoms. The van der Waals surface area contributed by atoms with Gasteiger partial charge in [0.25, 0.3) is 0 Å². The summed E-state index contributed by atoms with van der Waals surface area (Å²) in [4.78, 5) is 0. The maximum absolute atomic E-state index is 13.5. The molecule has 0 saturated heterocycles. The topological polar surface area (TPSA) is 20.2 Å². The van der Waals surface area contributed by atoms with E-state index in [1.807, 2.05) is 0 Å². The molecule has 1 rings (SSSR count). The number of halogens is 4. The summed E-state index contributed by atoms with van der Waals surface area (Å²) in [6, 6.07) is 2.93. The van der Waals surface area contributed by atoms with Crippen LogP contribution in [0.1, 0.15) is 37.0 Å². The molecule has 0 radical (unpaired) electrons. The van der Waals surface area contributed by atoms with Gasteiger partial charge in [-0.1, -0.05) is 25.5 Å². The van der Waals surface area contributed by atoms with Crippen molar-refractivity contribution in [3.05, 3.63) is 35.1 Å². The third kappa shape index (κ3) is 2.72. The lowest BCUT2D eigenvalue weighted by Crippen LogP contribution is -2.11. The van der Waals surface area contributed by atoms with Crippen molar-refractivity contribution in [2.75, 3.05) is 0 Å². The van der Waals surface area contributed by atoms with Gasteiger partial charge < -0.3 is 5.11 Å². The second-order valence-corrected chi connectivity index (χ2v) is 3.51. The van der Waals surface area contributed by atoms with E-state index in [1.165, 1.54) is 6.07 Å². The summed E-state index contributed by atoms with van der Waals surface area (Å²) >= 11 is 0. The highest BCUT2D eigenvalue weighted by molar-refractivity contribution is 5.29. The Morgan fingerprint density at radius 2 is 1.94 bits per heavy atom. The van der Waals surface area contributed by atoms with Crippen molar-refractivity contribution in [3.8, 4) is 0 Å². The van der Waals surface area contributed by atoms with E-state index in [0.717, 1.165) is 6.07 Å². The largest absolute Gasteiger partial charge is 0.419 e. The van der Waals surface area contributed by atoms with Crippen molar-refractivity contribution in [3.63, 3.8) is 0 Å². The van der Waals surface area contributed by atoms with E-state index in [0.29, 0.717) is 12.5 Å². The monoisotopic (exact) mass is 236 g/mol. The highest BCUT2D eigenvalue weighted by Crippen LogP contribution is 2.34. The summed E-state index contributed by atoms with van der Waals surface area (Å²) in [6.45, 7) is 1.76. The Hall–Kier alpha value is -1.10. The molecule has 1 aromatic rings. The van der Waals surface area contributed by atoms with Gasteiger partial charge in [0.05, 0.1) is 11.7 Å². The van der Waals surface area contributed by atoms with Crippen molar-refractivity contribution in [2.45, 2.75) is 32.0 Å². The van der Waals surface area contributed by atoms with E-state index >= 15 is 0 Å². The highest BCUT2D eigenvalue weighted by Gasteiger charge is 2.35. The van der Waals surface area contributed by atoms with Crippen molar-refractivity contribution in [2.24, 2.45) is 0 Å². The molecule has 1 atom stereocenters. The molecule has 0 unspecified atom stereocenters. The third-order valence-electron chi connectivity index (χ3n) is 2.26. The van der Waals surface area contributed by atoms with Crippen LogP contribution in [0.15, 0.2) is 18.2 Å². The molecule has 5 heteroatoms. The van der Waals surface area contributed by atoms with Gasteiger partial charge in [-0.05, 0) is 12.5 Å². The molecule has 0 aliphatic carbocycles. The molecular formula is C11H12F4O. The van der Waals surface area contributed by atoms with Crippen LogP contribution in [-0.4, -0.2) is 5.11 Å². The first-order chi connectivity index (χ1) is 7.38. The zero-order valence-corrected chi connectivity index (χ0v) is 8.68. The molecule has 1 aromatic carbocycles. The zero-order chi connectivity index (χ0) is 12.3. The van der Waals surface area contributed by atoms with Gasteiger partial charge >= 0.3 is 6.18 Å². The molecule has 0 saturated carbocycles. The SMILES string of the molecule is CCC[C@@H](O)c1cccc(C(F)(F)F)c1F. The summed E-state index contributed by atoms with van der Waals surface area (Å²) in [5, 5.41) is 9.48. The van der Waals surface area contributed by atoms with E-state index in [9.17, 15) is 22.7 Å². The van der Waals surface area contributed by atoms with Crippen molar-refractivity contribution >= 4 is 0 Å². The zero-order valence-electron chi connectivity index (χ0n) is 8.68. The number of benzene rings is 1. The van der Waals surface area contributed by atoms with E-state index in [-0.39, 0.29) is 12.0 Å². The highest BCUT2D eigenvalue weighted by atomic mass is 19.4. The number of alkyl halides is 3. The van der Waals surface area contributed by atoms with Gasteiger partial charge in [-0.25, -0.2) is 4.39 Å². The van der Waals surface area contributed by atoms with Crippen LogP contribution in [0.25, 0.3) is 0 Å². The molecule has 1 N–H and O–H groups in total. The van der Waals surface area contributed by atoms with Gasteiger partial charge in [0.15, 0.2) is 0 Å². The van der Waals surface area contributed by atoms with Crippen LogP contribution < -0.4 is 0 Å². The lowest BCUT2D eigenvalue weighted by Gasteiger charge is -2.14. The Balaban J connectivity index is 3.14. The molecule has 0 aromatic heterocycles. The molecule has 0 aliphatic rings. The van der Waals surface area contributed by atoms with Crippen molar-refractivity contribution < 1.29 is 22.7 Å².